The van der Waals surface area contributed by atoms with Crippen molar-refractivity contribution in [3.8, 4) is 11.5 Å². The van der Waals surface area contributed by atoms with E-state index in [4.69, 9.17) is 18.9 Å². The van der Waals surface area contributed by atoms with Crippen molar-refractivity contribution in [3.63, 3.8) is 0 Å². The molecule has 3 amide bonds. The molecule has 1 aliphatic heterocycles. The first-order chi connectivity index (χ1) is 19.9. The maximum absolute atomic E-state index is 13.2. The van der Waals surface area contributed by atoms with Gasteiger partial charge in [0.15, 0.2) is 11.5 Å². The Hall–Kier alpha value is -3.77. The Balaban J connectivity index is 1.39. The highest BCUT2D eigenvalue weighted by atomic mass is 32.1. The van der Waals surface area contributed by atoms with Crippen LogP contribution in [-0.2, 0) is 27.4 Å². The molecule has 3 aromatic rings. The Labute approximate surface area is 247 Å². The summed E-state index contributed by atoms with van der Waals surface area (Å²) in [6, 6.07) is 7.65. The number of thiophene rings is 2. The molecule has 3 heterocycles. The molecule has 41 heavy (non-hydrogen) atoms. The van der Waals surface area contributed by atoms with Crippen LogP contribution in [0.4, 0.5) is 9.59 Å². The number of carbonyl (C=O) groups is 3. The molecule has 12 heteroatoms. The molecule has 2 N–H and O–H groups in total. The SMILES string of the molecule is CCCC[C@@H](COC(=O)N(Cc1ccsc1)Cc1ccsc1)NC(=O)N[C@@H](CC(=O)OC)c1ccc2c(c1)OCO2. The second kappa shape index (κ2) is 15.3. The zero-order valence-electron chi connectivity index (χ0n) is 23.1. The van der Waals surface area contributed by atoms with Gasteiger partial charge in [-0.1, -0.05) is 25.8 Å². The quantitative estimate of drug-likeness (QED) is 0.223. The highest BCUT2D eigenvalue weighted by Crippen LogP contribution is 2.35. The summed E-state index contributed by atoms with van der Waals surface area (Å²) in [5.41, 5.74) is 2.73. The fourth-order valence-corrected chi connectivity index (χ4v) is 5.64. The normalized spacial score (nSPS) is 13.2. The first kappa shape index (κ1) is 30.2. The topological polar surface area (TPSA) is 115 Å². The third-order valence-corrected chi connectivity index (χ3v) is 7.98. The number of ether oxygens (including phenoxy) is 4. The summed E-state index contributed by atoms with van der Waals surface area (Å²) < 4.78 is 21.4. The summed E-state index contributed by atoms with van der Waals surface area (Å²) in [7, 11) is 1.30. The maximum Gasteiger partial charge on any atom is 0.410 e. The Morgan fingerprint density at radius 1 is 1.00 bits per heavy atom. The molecule has 0 unspecified atom stereocenters. The third kappa shape index (κ3) is 9.12. The molecule has 10 nitrogen and oxygen atoms in total. The van der Waals surface area contributed by atoms with Gasteiger partial charge >= 0.3 is 18.1 Å². The van der Waals surface area contributed by atoms with Gasteiger partial charge in [0, 0.05) is 0 Å². The number of rotatable bonds is 14. The number of esters is 1. The fraction of sp³-hybridized carbons (Fsp3) is 0.414. The minimum atomic E-state index is -0.668. The third-order valence-electron chi connectivity index (χ3n) is 6.52. The Morgan fingerprint density at radius 3 is 2.34 bits per heavy atom. The summed E-state index contributed by atoms with van der Waals surface area (Å²) in [5, 5.41) is 13.8. The first-order valence-electron chi connectivity index (χ1n) is 13.4. The van der Waals surface area contributed by atoms with Gasteiger partial charge < -0.3 is 29.6 Å². The second-order valence-electron chi connectivity index (χ2n) is 9.60. The van der Waals surface area contributed by atoms with Gasteiger partial charge in [0.05, 0.1) is 38.7 Å². The number of carbonyl (C=O) groups excluding carboxylic acids is 3. The van der Waals surface area contributed by atoms with Crippen LogP contribution in [0.1, 0.15) is 55.3 Å². The highest BCUT2D eigenvalue weighted by molar-refractivity contribution is 7.08. The molecule has 0 bridgehead atoms. The van der Waals surface area contributed by atoms with E-state index >= 15 is 0 Å². The van der Waals surface area contributed by atoms with Gasteiger partial charge in [0.1, 0.15) is 6.61 Å². The van der Waals surface area contributed by atoms with E-state index in [1.807, 2.05) is 33.7 Å². The van der Waals surface area contributed by atoms with Crippen LogP contribution in [-0.4, -0.2) is 49.5 Å². The van der Waals surface area contributed by atoms with Crippen LogP contribution in [0.15, 0.2) is 51.9 Å². The van der Waals surface area contributed by atoms with Crippen LogP contribution in [0.25, 0.3) is 0 Å². The molecule has 0 saturated carbocycles. The molecule has 1 aliphatic rings. The minimum absolute atomic E-state index is 0.0156. The van der Waals surface area contributed by atoms with Crippen molar-refractivity contribution < 1.29 is 33.3 Å². The summed E-state index contributed by atoms with van der Waals surface area (Å²) in [4.78, 5) is 40.1. The van der Waals surface area contributed by atoms with Crippen molar-refractivity contribution in [2.24, 2.45) is 0 Å². The lowest BCUT2D eigenvalue weighted by atomic mass is 10.0. The Morgan fingerprint density at radius 2 is 1.71 bits per heavy atom. The van der Waals surface area contributed by atoms with Crippen molar-refractivity contribution in [3.05, 3.63) is 68.5 Å². The molecule has 1 aromatic carbocycles. The largest absolute Gasteiger partial charge is 0.469 e. The predicted octanol–water partition coefficient (Wildman–Crippen LogP) is 5.84. The molecule has 4 rings (SSSR count). The van der Waals surface area contributed by atoms with Crippen molar-refractivity contribution in [2.75, 3.05) is 20.5 Å². The molecule has 2 atom stereocenters. The molecular formula is C29H35N3O7S2. The molecule has 0 spiro atoms. The average Bonchev–Trinajstić information content (AvgIpc) is 3.76. The summed E-state index contributed by atoms with van der Waals surface area (Å²) in [6.07, 6.45) is 1.85. The summed E-state index contributed by atoms with van der Waals surface area (Å²) in [6.45, 7) is 3.04. The predicted molar refractivity (Wildman–Crippen MR) is 156 cm³/mol. The molecule has 2 aromatic heterocycles. The first-order valence-corrected chi connectivity index (χ1v) is 15.3. The van der Waals surface area contributed by atoms with Crippen LogP contribution in [0.5, 0.6) is 11.5 Å². The number of hydrogen-bond acceptors (Lipinski definition) is 9. The molecule has 0 saturated heterocycles. The van der Waals surface area contributed by atoms with E-state index in [2.05, 4.69) is 17.6 Å². The highest BCUT2D eigenvalue weighted by Gasteiger charge is 2.25. The van der Waals surface area contributed by atoms with E-state index in [-0.39, 0.29) is 19.8 Å². The van der Waals surface area contributed by atoms with Gasteiger partial charge in [0.2, 0.25) is 6.79 Å². The van der Waals surface area contributed by atoms with E-state index in [1.54, 1.807) is 45.8 Å². The van der Waals surface area contributed by atoms with Gasteiger partial charge in [-0.15, -0.1) is 0 Å². The molecule has 0 aliphatic carbocycles. The molecule has 0 fully saturated rings. The molecule has 0 radical (unpaired) electrons. The van der Waals surface area contributed by atoms with E-state index in [1.165, 1.54) is 7.11 Å². The fourth-order valence-electron chi connectivity index (χ4n) is 4.32. The Kier molecular flexibility index (Phi) is 11.3. The van der Waals surface area contributed by atoms with Crippen molar-refractivity contribution >= 4 is 40.8 Å². The van der Waals surface area contributed by atoms with Gasteiger partial charge in [-0.05, 0) is 68.9 Å². The zero-order chi connectivity index (χ0) is 29.0. The van der Waals surface area contributed by atoms with Gasteiger partial charge in [-0.25, -0.2) is 9.59 Å². The lowest BCUT2D eigenvalue weighted by Gasteiger charge is -2.25. The van der Waals surface area contributed by atoms with Crippen LogP contribution >= 0.6 is 22.7 Å². The number of methoxy groups -OCH3 is 1. The van der Waals surface area contributed by atoms with Crippen LogP contribution in [0.2, 0.25) is 0 Å². The van der Waals surface area contributed by atoms with Crippen LogP contribution < -0.4 is 20.1 Å². The number of fused-ring (bicyclic) bond motifs is 1. The van der Waals surface area contributed by atoms with E-state index in [9.17, 15) is 14.4 Å². The summed E-state index contributed by atoms with van der Waals surface area (Å²) in [5.74, 6) is 0.672. The minimum Gasteiger partial charge on any atom is -0.469 e. The number of nitrogens with zero attached hydrogens (tertiary/aromatic N) is 1. The van der Waals surface area contributed by atoms with E-state index < -0.39 is 30.2 Å². The van der Waals surface area contributed by atoms with Crippen LogP contribution in [0.3, 0.4) is 0 Å². The standard InChI is InChI=1S/C29H35N3O7S2/c1-3-4-5-23(16-37-29(35)32(14-20-8-10-40-17-20)15-21-9-11-41-18-21)30-28(34)31-24(13-27(33)36-2)22-6-7-25-26(12-22)39-19-38-25/h6-12,17-18,23-24H,3-5,13-16,19H2,1-2H3,(H2,30,31,34)/t23-,24-/m0/s1. The lowest BCUT2D eigenvalue weighted by Crippen LogP contribution is -2.46. The van der Waals surface area contributed by atoms with Crippen molar-refractivity contribution in [2.45, 2.75) is 57.8 Å². The number of amides is 3. The number of hydrogen-bond donors (Lipinski definition) is 2. The molecule has 220 valence electrons. The molecular weight excluding hydrogens is 566 g/mol. The van der Waals surface area contributed by atoms with Gasteiger partial charge in [-0.3, -0.25) is 9.69 Å². The average molecular weight is 602 g/mol. The number of nitrogens with one attached hydrogen (secondary N) is 2. The smallest absolute Gasteiger partial charge is 0.410 e. The Bertz CT molecular complexity index is 1230. The van der Waals surface area contributed by atoms with Gasteiger partial charge in [0.25, 0.3) is 0 Å². The number of benzene rings is 1. The van der Waals surface area contributed by atoms with Crippen LogP contribution in [0, 0.1) is 0 Å². The number of urea groups is 1. The summed E-state index contributed by atoms with van der Waals surface area (Å²) >= 11 is 3.15. The maximum atomic E-state index is 13.2. The monoisotopic (exact) mass is 601 g/mol. The van der Waals surface area contributed by atoms with Crippen molar-refractivity contribution in [1.29, 1.82) is 0 Å². The lowest BCUT2D eigenvalue weighted by molar-refractivity contribution is -0.141. The second-order valence-corrected chi connectivity index (χ2v) is 11.2. The number of unbranched alkanes of at least 4 members (excludes halogenated alkanes) is 1. The van der Waals surface area contributed by atoms with E-state index in [0.717, 1.165) is 24.0 Å². The van der Waals surface area contributed by atoms with Crippen molar-refractivity contribution in [1.82, 2.24) is 15.5 Å². The van der Waals surface area contributed by atoms with Gasteiger partial charge in [-0.2, -0.15) is 22.7 Å². The van der Waals surface area contributed by atoms with E-state index in [0.29, 0.717) is 36.6 Å². The zero-order valence-corrected chi connectivity index (χ0v) is 24.8.